The van der Waals surface area contributed by atoms with Gasteiger partial charge in [-0.15, -0.1) is 0 Å². The number of rotatable bonds is 7. The van der Waals surface area contributed by atoms with Crippen molar-refractivity contribution in [1.82, 2.24) is 10.9 Å². The Bertz CT molecular complexity index is 1020. The molecule has 0 aliphatic rings. The van der Waals surface area contributed by atoms with Crippen LogP contribution in [-0.4, -0.2) is 17.7 Å². The molecule has 32 heavy (non-hydrogen) atoms. The number of hydrogen-bond donors (Lipinski definition) is 2. The van der Waals surface area contributed by atoms with Crippen molar-refractivity contribution in [3.63, 3.8) is 0 Å². The zero-order valence-electron chi connectivity index (χ0n) is 17.6. The van der Waals surface area contributed by atoms with E-state index in [1.54, 1.807) is 29.2 Å². The summed E-state index contributed by atoms with van der Waals surface area (Å²) in [7, 11) is 0. The number of nitrogens with one attached hydrogen (secondary N) is 2. The summed E-state index contributed by atoms with van der Waals surface area (Å²) in [6, 6.07) is 25.6. The van der Waals surface area contributed by atoms with Gasteiger partial charge in [0.05, 0.1) is 0 Å². The Morgan fingerprint density at radius 3 is 1.84 bits per heavy atom. The quantitative estimate of drug-likeness (QED) is 0.455. The van der Waals surface area contributed by atoms with Crippen molar-refractivity contribution in [2.75, 3.05) is 4.90 Å². The summed E-state index contributed by atoms with van der Waals surface area (Å²) >= 11 is 3.31. The van der Waals surface area contributed by atoms with Crippen LogP contribution in [0.5, 0.6) is 0 Å². The highest BCUT2D eigenvalue weighted by atomic mass is 79.9. The van der Waals surface area contributed by atoms with Gasteiger partial charge in [0.25, 0.3) is 5.91 Å². The maximum atomic E-state index is 13.1. The molecule has 0 spiro atoms. The van der Waals surface area contributed by atoms with Crippen LogP contribution in [0.25, 0.3) is 0 Å². The predicted molar refractivity (Wildman–Crippen MR) is 128 cm³/mol. The molecule has 0 saturated carbocycles. The molecule has 6 nitrogen and oxygen atoms in total. The third-order valence-corrected chi connectivity index (χ3v) is 5.29. The fourth-order valence-electron chi connectivity index (χ4n) is 3.22. The minimum absolute atomic E-state index is 0.101. The molecule has 0 saturated heterocycles. The van der Waals surface area contributed by atoms with Gasteiger partial charge < -0.3 is 0 Å². The average Bonchev–Trinajstić information content (AvgIpc) is 2.79. The fraction of sp³-hybridized carbons (Fsp3) is 0.160. The maximum absolute atomic E-state index is 13.1. The van der Waals surface area contributed by atoms with E-state index in [-0.39, 0.29) is 30.6 Å². The topological polar surface area (TPSA) is 78.5 Å². The second kappa shape index (κ2) is 11.2. The molecule has 1 atom stereocenters. The number of benzene rings is 3. The summed E-state index contributed by atoms with van der Waals surface area (Å²) in [5.74, 6) is -1.10. The number of halogens is 1. The first-order valence-electron chi connectivity index (χ1n) is 10.2. The number of nitrogens with zero attached hydrogens (tertiary/aromatic N) is 1. The number of hydrogen-bond acceptors (Lipinski definition) is 3. The summed E-state index contributed by atoms with van der Waals surface area (Å²) in [4.78, 5) is 39.2. The molecular weight excluding hydrogens is 470 g/mol. The van der Waals surface area contributed by atoms with Crippen molar-refractivity contribution in [3.8, 4) is 0 Å². The minimum atomic E-state index is -0.408. The van der Waals surface area contributed by atoms with Crippen molar-refractivity contribution in [1.29, 1.82) is 0 Å². The minimum Gasteiger partial charge on any atom is -0.281 e. The van der Waals surface area contributed by atoms with E-state index >= 15 is 0 Å². The number of carbonyl (C=O) groups excluding carboxylic acids is 3. The zero-order valence-corrected chi connectivity index (χ0v) is 19.2. The lowest BCUT2D eigenvalue weighted by atomic mass is 10.0. The van der Waals surface area contributed by atoms with Gasteiger partial charge in [0, 0.05) is 34.3 Å². The summed E-state index contributed by atoms with van der Waals surface area (Å²) in [5, 5.41) is 0. The Kier molecular flexibility index (Phi) is 8.16. The van der Waals surface area contributed by atoms with Crippen molar-refractivity contribution in [3.05, 3.63) is 95.0 Å². The lowest BCUT2D eigenvalue weighted by Crippen LogP contribution is -2.42. The van der Waals surface area contributed by atoms with Crippen molar-refractivity contribution >= 4 is 45.0 Å². The lowest BCUT2D eigenvalue weighted by Gasteiger charge is -2.24. The summed E-state index contributed by atoms with van der Waals surface area (Å²) in [6.07, 6.45) is 0.279. The van der Waals surface area contributed by atoms with Gasteiger partial charge in [-0.1, -0.05) is 59.3 Å². The van der Waals surface area contributed by atoms with Crippen molar-refractivity contribution in [2.45, 2.75) is 19.8 Å². The molecule has 0 bridgehead atoms. The van der Waals surface area contributed by atoms with Gasteiger partial charge in [-0.2, -0.15) is 0 Å². The zero-order chi connectivity index (χ0) is 22.9. The predicted octanol–water partition coefficient (Wildman–Crippen LogP) is 4.99. The van der Waals surface area contributed by atoms with Gasteiger partial charge in [0.1, 0.15) is 0 Å². The monoisotopic (exact) mass is 493 g/mol. The highest BCUT2D eigenvalue weighted by molar-refractivity contribution is 9.10. The van der Waals surface area contributed by atoms with Crippen LogP contribution in [0.1, 0.15) is 30.1 Å². The summed E-state index contributed by atoms with van der Waals surface area (Å²) < 4.78 is 0.858. The van der Waals surface area contributed by atoms with Gasteiger partial charge in [0.15, 0.2) is 0 Å². The summed E-state index contributed by atoms with van der Waals surface area (Å²) in [5.41, 5.74) is 6.78. The number of carbonyl (C=O) groups is 3. The van der Waals surface area contributed by atoms with Crippen LogP contribution >= 0.6 is 15.9 Å². The Morgan fingerprint density at radius 2 is 1.31 bits per heavy atom. The standard InChI is InChI=1S/C25H24BrN3O3/c1-18(16-23(30)27-28-25(32)19-12-14-20(26)15-13-19)17-24(31)29(21-8-4-2-5-9-21)22-10-6-3-7-11-22/h2-15,18H,16-17H2,1H3,(H,27,30)(H,28,32)/t18-/m0/s1. The van der Waals surface area contributed by atoms with E-state index < -0.39 is 5.91 Å². The van der Waals surface area contributed by atoms with Crippen molar-refractivity contribution < 1.29 is 14.4 Å². The molecule has 0 aliphatic heterocycles. The van der Waals surface area contributed by atoms with E-state index in [4.69, 9.17) is 0 Å². The largest absolute Gasteiger partial charge is 0.281 e. The van der Waals surface area contributed by atoms with Crippen molar-refractivity contribution in [2.24, 2.45) is 5.92 Å². The molecule has 3 rings (SSSR count). The molecule has 0 aromatic heterocycles. The molecule has 0 fully saturated rings. The van der Waals surface area contributed by atoms with Crippen LogP contribution in [-0.2, 0) is 9.59 Å². The van der Waals surface area contributed by atoms with Gasteiger partial charge in [-0.25, -0.2) is 0 Å². The first-order valence-corrected chi connectivity index (χ1v) is 11.0. The SMILES string of the molecule is C[C@@H](CC(=O)NNC(=O)c1ccc(Br)cc1)CC(=O)N(c1ccccc1)c1ccccc1. The van der Waals surface area contributed by atoms with E-state index in [2.05, 4.69) is 26.8 Å². The van der Waals surface area contributed by atoms with E-state index in [0.717, 1.165) is 15.8 Å². The molecule has 0 unspecified atom stereocenters. The van der Waals surface area contributed by atoms with E-state index in [9.17, 15) is 14.4 Å². The van der Waals surface area contributed by atoms with Crippen LogP contribution in [0, 0.1) is 5.92 Å². The third kappa shape index (κ3) is 6.52. The molecule has 3 aromatic rings. The summed E-state index contributed by atoms with van der Waals surface area (Å²) in [6.45, 7) is 1.84. The highest BCUT2D eigenvalue weighted by Gasteiger charge is 2.21. The maximum Gasteiger partial charge on any atom is 0.269 e. The van der Waals surface area contributed by atoms with Gasteiger partial charge in [0.2, 0.25) is 11.8 Å². The average molecular weight is 494 g/mol. The second-order valence-electron chi connectivity index (χ2n) is 7.42. The highest BCUT2D eigenvalue weighted by Crippen LogP contribution is 2.27. The molecular formula is C25H24BrN3O3. The Balaban J connectivity index is 1.57. The van der Waals surface area contributed by atoms with Crippen LogP contribution in [0.3, 0.4) is 0 Å². The fourth-order valence-corrected chi connectivity index (χ4v) is 3.48. The molecule has 0 heterocycles. The van der Waals surface area contributed by atoms with Gasteiger partial charge in [-0.3, -0.25) is 30.1 Å². The van der Waals surface area contributed by atoms with E-state index in [1.165, 1.54) is 0 Å². The van der Waals surface area contributed by atoms with Crippen LogP contribution in [0.2, 0.25) is 0 Å². The number of para-hydroxylation sites is 2. The molecule has 2 N–H and O–H groups in total. The molecule has 7 heteroatoms. The van der Waals surface area contributed by atoms with E-state index in [1.807, 2.05) is 67.6 Å². The normalized spacial score (nSPS) is 11.3. The Hall–Kier alpha value is -3.45. The first-order chi connectivity index (χ1) is 15.4. The van der Waals surface area contributed by atoms with Crippen LogP contribution in [0.15, 0.2) is 89.4 Å². The smallest absolute Gasteiger partial charge is 0.269 e. The first kappa shape index (κ1) is 23.2. The van der Waals surface area contributed by atoms with Gasteiger partial charge >= 0.3 is 0 Å². The van der Waals surface area contributed by atoms with Gasteiger partial charge in [-0.05, 0) is 54.4 Å². The second-order valence-corrected chi connectivity index (χ2v) is 8.34. The number of amides is 3. The van der Waals surface area contributed by atoms with Crippen LogP contribution < -0.4 is 15.8 Å². The lowest BCUT2D eigenvalue weighted by molar-refractivity contribution is -0.123. The molecule has 3 aromatic carbocycles. The third-order valence-electron chi connectivity index (χ3n) is 4.76. The number of anilines is 2. The Morgan fingerprint density at radius 1 is 0.781 bits per heavy atom. The molecule has 3 amide bonds. The van der Waals surface area contributed by atoms with Crippen LogP contribution in [0.4, 0.5) is 11.4 Å². The molecule has 0 aliphatic carbocycles. The van der Waals surface area contributed by atoms with E-state index in [0.29, 0.717) is 5.56 Å². The molecule has 164 valence electrons. The Labute approximate surface area is 195 Å². The number of hydrazine groups is 1. The molecule has 0 radical (unpaired) electrons.